The monoisotopic (exact) mass is 308 g/mol. The fourth-order valence-electron chi connectivity index (χ4n) is 3.43. The Balaban J connectivity index is 1.55. The van der Waals surface area contributed by atoms with Crippen molar-refractivity contribution in [2.75, 3.05) is 32.4 Å². The van der Waals surface area contributed by atoms with E-state index in [1.165, 1.54) is 25.9 Å². The lowest BCUT2D eigenvalue weighted by molar-refractivity contribution is 0.211. The van der Waals surface area contributed by atoms with Gasteiger partial charge in [0.05, 0.1) is 10.6 Å². The van der Waals surface area contributed by atoms with E-state index < -0.39 is 9.84 Å². The number of piperidine rings is 1. The minimum absolute atomic E-state index is 0.0301. The minimum atomic E-state index is -3.09. The van der Waals surface area contributed by atoms with Gasteiger partial charge < -0.3 is 10.2 Å². The maximum atomic E-state index is 12.1. The van der Waals surface area contributed by atoms with Crippen molar-refractivity contribution in [3.8, 4) is 0 Å². The third-order valence-electron chi connectivity index (χ3n) is 4.80. The Morgan fingerprint density at radius 1 is 1.24 bits per heavy atom. The molecule has 5 heteroatoms. The van der Waals surface area contributed by atoms with Crippen LogP contribution in [-0.2, 0) is 9.84 Å². The van der Waals surface area contributed by atoms with Gasteiger partial charge in [0, 0.05) is 6.04 Å². The summed E-state index contributed by atoms with van der Waals surface area (Å²) in [6.07, 6.45) is 3.67. The number of fused-ring (bicyclic) bond motifs is 1. The molecule has 3 rings (SSSR count). The topological polar surface area (TPSA) is 49.4 Å². The molecule has 1 saturated heterocycles. The van der Waals surface area contributed by atoms with Crippen LogP contribution in [0.2, 0.25) is 0 Å². The van der Waals surface area contributed by atoms with Crippen molar-refractivity contribution >= 4 is 9.84 Å². The van der Waals surface area contributed by atoms with E-state index in [1.54, 1.807) is 12.1 Å². The van der Waals surface area contributed by atoms with Gasteiger partial charge in [0.2, 0.25) is 0 Å². The number of nitrogens with one attached hydrogen (secondary N) is 1. The van der Waals surface area contributed by atoms with Crippen LogP contribution in [-0.4, -0.2) is 45.8 Å². The van der Waals surface area contributed by atoms with Gasteiger partial charge in [-0.2, -0.15) is 0 Å². The molecule has 2 aliphatic heterocycles. The van der Waals surface area contributed by atoms with E-state index in [0.717, 1.165) is 24.4 Å². The summed E-state index contributed by atoms with van der Waals surface area (Å²) in [7, 11) is -0.911. The van der Waals surface area contributed by atoms with Crippen LogP contribution >= 0.6 is 0 Å². The van der Waals surface area contributed by atoms with Gasteiger partial charge in [0.1, 0.15) is 0 Å². The number of hydrogen-bond acceptors (Lipinski definition) is 4. The van der Waals surface area contributed by atoms with Crippen LogP contribution in [0.1, 0.15) is 30.9 Å². The second-order valence-corrected chi connectivity index (χ2v) is 8.36. The molecule has 0 bridgehead atoms. The number of nitrogens with zero attached hydrogens (tertiary/aromatic N) is 1. The largest absolute Gasteiger partial charge is 0.309 e. The molecule has 116 valence electrons. The molecule has 1 aromatic carbocycles. The van der Waals surface area contributed by atoms with Gasteiger partial charge in [-0.25, -0.2) is 8.42 Å². The summed E-state index contributed by atoms with van der Waals surface area (Å²) in [5.74, 6) is 0.988. The highest BCUT2D eigenvalue weighted by Crippen LogP contribution is 2.33. The fraction of sp³-hybridized carbons (Fsp3) is 0.625. The summed E-state index contributed by atoms with van der Waals surface area (Å²) >= 11 is 0. The minimum Gasteiger partial charge on any atom is -0.309 e. The Kier molecular flexibility index (Phi) is 4.33. The fourth-order valence-corrected chi connectivity index (χ4v) is 5.20. The summed E-state index contributed by atoms with van der Waals surface area (Å²) in [5, 5.41) is 3.46. The van der Waals surface area contributed by atoms with E-state index in [4.69, 9.17) is 0 Å². The Labute approximate surface area is 127 Å². The molecule has 0 aliphatic carbocycles. The van der Waals surface area contributed by atoms with Crippen LogP contribution < -0.4 is 5.32 Å². The third kappa shape index (κ3) is 3.30. The first-order chi connectivity index (χ1) is 10.1. The SMILES string of the molecule is CN1CCC(CCNC2CS(=O)(=O)c3ccccc32)CC1. The van der Waals surface area contributed by atoms with Crippen molar-refractivity contribution in [2.45, 2.75) is 30.2 Å². The van der Waals surface area contributed by atoms with E-state index in [0.29, 0.717) is 4.90 Å². The maximum absolute atomic E-state index is 12.1. The smallest absolute Gasteiger partial charge is 0.180 e. The molecule has 0 aromatic heterocycles. The average molecular weight is 308 g/mol. The van der Waals surface area contributed by atoms with Crippen molar-refractivity contribution in [3.63, 3.8) is 0 Å². The standard InChI is InChI=1S/C16H24N2O2S/c1-18-10-7-13(8-11-18)6-9-17-15-12-21(19,20)16-5-3-2-4-14(15)16/h2-5,13,15,17H,6-12H2,1H3. The molecule has 4 nitrogen and oxygen atoms in total. The molecular formula is C16H24N2O2S. The third-order valence-corrected chi connectivity index (χ3v) is 6.61. The van der Waals surface area contributed by atoms with E-state index >= 15 is 0 Å². The van der Waals surface area contributed by atoms with Crippen LogP contribution in [0.15, 0.2) is 29.2 Å². The zero-order chi connectivity index (χ0) is 14.9. The molecule has 1 N–H and O–H groups in total. The summed E-state index contributed by atoms with van der Waals surface area (Å²) in [5.41, 5.74) is 0.945. The van der Waals surface area contributed by atoms with E-state index in [1.807, 2.05) is 12.1 Å². The number of likely N-dealkylation sites (tertiary alicyclic amines) is 1. The maximum Gasteiger partial charge on any atom is 0.180 e. The van der Waals surface area contributed by atoms with Crippen molar-refractivity contribution in [3.05, 3.63) is 29.8 Å². The van der Waals surface area contributed by atoms with Crippen molar-refractivity contribution < 1.29 is 8.42 Å². The zero-order valence-electron chi connectivity index (χ0n) is 12.6. The first-order valence-electron chi connectivity index (χ1n) is 7.80. The molecule has 0 amide bonds. The Hall–Kier alpha value is -0.910. The van der Waals surface area contributed by atoms with Gasteiger partial charge in [-0.15, -0.1) is 0 Å². The van der Waals surface area contributed by atoms with Crippen LogP contribution in [0, 0.1) is 5.92 Å². The lowest BCUT2D eigenvalue weighted by Crippen LogP contribution is -2.32. The second kappa shape index (κ2) is 6.07. The lowest BCUT2D eigenvalue weighted by Gasteiger charge is -2.29. The number of benzene rings is 1. The van der Waals surface area contributed by atoms with Gasteiger partial charge in [-0.3, -0.25) is 0 Å². The normalized spacial score (nSPS) is 25.9. The molecule has 0 saturated carbocycles. The van der Waals surface area contributed by atoms with Crippen molar-refractivity contribution in [1.29, 1.82) is 0 Å². The van der Waals surface area contributed by atoms with Gasteiger partial charge in [-0.05, 0) is 63.5 Å². The van der Waals surface area contributed by atoms with Crippen molar-refractivity contribution in [2.24, 2.45) is 5.92 Å². The predicted molar refractivity (Wildman–Crippen MR) is 84.1 cm³/mol. The summed E-state index contributed by atoms with van der Waals surface area (Å²) in [6, 6.07) is 7.36. The zero-order valence-corrected chi connectivity index (χ0v) is 13.4. The van der Waals surface area contributed by atoms with Crippen LogP contribution in [0.3, 0.4) is 0 Å². The quantitative estimate of drug-likeness (QED) is 0.922. The van der Waals surface area contributed by atoms with E-state index in [9.17, 15) is 8.42 Å². The summed E-state index contributed by atoms with van der Waals surface area (Å²) in [4.78, 5) is 2.89. The Bertz CT molecular complexity index is 592. The first-order valence-corrected chi connectivity index (χ1v) is 9.45. The van der Waals surface area contributed by atoms with Gasteiger partial charge in [0.15, 0.2) is 9.84 Å². The van der Waals surface area contributed by atoms with Crippen molar-refractivity contribution in [1.82, 2.24) is 10.2 Å². The van der Waals surface area contributed by atoms with E-state index in [-0.39, 0.29) is 11.8 Å². The van der Waals surface area contributed by atoms with Crippen LogP contribution in [0.5, 0.6) is 0 Å². The molecule has 21 heavy (non-hydrogen) atoms. The average Bonchev–Trinajstić information content (AvgIpc) is 2.73. The molecule has 1 fully saturated rings. The Morgan fingerprint density at radius 2 is 1.95 bits per heavy atom. The van der Waals surface area contributed by atoms with Gasteiger partial charge in [0.25, 0.3) is 0 Å². The van der Waals surface area contributed by atoms with Crippen LogP contribution in [0.25, 0.3) is 0 Å². The molecule has 2 aliphatic rings. The van der Waals surface area contributed by atoms with E-state index in [2.05, 4.69) is 17.3 Å². The summed E-state index contributed by atoms with van der Waals surface area (Å²) in [6.45, 7) is 3.28. The first kappa shape index (κ1) is 15.0. The van der Waals surface area contributed by atoms with Gasteiger partial charge >= 0.3 is 0 Å². The number of sulfone groups is 1. The molecule has 1 aromatic rings. The Morgan fingerprint density at radius 3 is 2.71 bits per heavy atom. The molecule has 1 unspecified atom stereocenters. The predicted octanol–water partition coefficient (Wildman–Crippen LogP) is 1.84. The van der Waals surface area contributed by atoms with Gasteiger partial charge in [-0.1, -0.05) is 18.2 Å². The molecular weight excluding hydrogens is 284 g/mol. The number of hydrogen-bond donors (Lipinski definition) is 1. The highest BCUT2D eigenvalue weighted by atomic mass is 32.2. The molecule has 1 atom stereocenters. The molecule has 0 radical (unpaired) electrons. The molecule has 0 spiro atoms. The molecule has 2 heterocycles. The highest BCUT2D eigenvalue weighted by Gasteiger charge is 2.33. The lowest BCUT2D eigenvalue weighted by atomic mass is 9.93. The highest BCUT2D eigenvalue weighted by molar-refractivity contribution is 7.91. The summed E-state index contributed by atoms with van der Waals surface area (Å²) < 4.78 is 24.2. The number of rotatable bonds is 4. The second-order valence-electron chi connectivity index (χ2n) is 6.36. The van der Waals surface area contributed by atoms with Crippen LogP contribution in [0.4, 0.5) is 0 Å².